The number of carbonyl (C=O) groups is 2. The molecule has 4 N–H and O–H groups in total. The molecule has 0 saturated carbocycles. The zero-order valence-corrected chi connectivity index (χ0v) is 13.9. The van der Waals surface area contributed by atoms with Gasteiger partial charge in [0.05, 0.1) is 12.1 Å². The molecule has 0 aliphatic rings. The van der Waals surface area contributed by atoms with Gasteiger partial charge in [-0.1, -0.05) is 50.6 Å². The van der Waals surface area contributed by atoms with Crippen LogP contribution in [0.2, 0.25) is 0 Å². The molecule has 0 aromatic heterocycles. The van der Waals surface area contributed by atoms with Crippen LogP contribution >= 0.6 is 0 Å². The van der Waals surface area contributed by atoms with Crippen LogP contribution in [0.25, 0.3) is 0 Å². The second-order valence-electron chi connectivity index (χ2n) is 5.73. The van der Waals surface area contributed by atoms with Crippen molar-refractivity contribution in [2.24, 2.45) is 11.7 Å². The summed E-state index contributed by atoms with van der Waals surface area (Å²) in [6, 6.07) is 7.30. The van der Waals surface area contributed by atoms with E-state index in [1.165, 1.54) is 6.92 Å². The van der Waals surface area contributed by atoms with Gasteiger partial charge in [0, 0.05) is 0 Å². The normalized spacial score (nSPS) is 16.0. The standard InChI is InChI=1S/C17H26N2O4/c1-4-11(2)14(18)16(21)19-15(12(3)20)17(22)23-10-13-8-6-5-7-9-13/h5-9,11-12,14-15,20H,4,10,18H2,1-3H3,(H,19,21). The van der Waals surface area contributed by atoms with Crippen LogP contribution in [-0.2, 0) is 20.9 Å². The van der Waals surface area contributed by atoms with Gasteiger partial charge in [-0.05, 0) is 18.4 Å². The number of benzene rings is 1. The summed E-state index contributed by atoms with van der Waals surface area (Å²) >= 11 is 0. The average molecular weight is 322 g/mol. The van der Waals surface area contributed by atoms with E-state index in [2.05, 4.69) is 5.32 Å². The molecule has 6 heteroatoms. The predicted molar refractivity (Wildman–Crippen MR) is 87.3 cm³/mol. The van der Waals surface area contributed by atoms with Gasteiger partial charge in [0.25, 0.3) is 0 Å². The number of amides is 1. The van der Waals surface area contributed by atoms with E-state index in [-0.39, 0.29) is 12.5 Å². The Morgan fingerprint density at radius 2 is 1.87 bits per heavy atom. The van der Waals surface area contributed by atoms with Crippen molar-refractivity contribution in [2.75, 3.05) is 0 Å². The quantitative estimate of drug-likeness (QED) is 0.619. The van der Waals surface area contributed by atoms with Crippen molar-refractivity contribution in [3.63, 3.8) is 0 Å². The highest BCUT2D eigenvalue weighted by atomic mass is 16.5. The molecule has 0 fully saturated rings. The summed E-state index contributed by atoms with van der Waals surface area (Å²) in [5, 5.41) is 12.2. The molecule has 0 spiro atoms. The molecule has 0 radical (unpaired) electrons. The van der Waals surface area contributed by atoms with Crippen LogP contribution in [0.5, 0.6) is 0 Å². The number of nitrogens with one attached hydrogen (secondary N) is 1. The summed E-state index contributed by atoms with van der Waals surface area (Å²) in [5.41, 5.74) is 6.67. The average Bonchev–Trinajstić information content (AvgIpc) is 2.56. The Kier molecular flexibility index (Phi) is 7.71. The maximum absolute atomic E-state index is 12.1. The lowest BCUT2D eigenvalue weighted by Crippen LogP contribution is -2.54. The topological polar surface area (TPSA) is 102 Å². The number of carbonyl (C=O) groups excluding carboxylic acids is 2. The van der Waals surface area contributed by atoms with Crippen LogP contribution in [0, 0.1) is 5.92 Å². The molecule has 1 aromatic rings. The first-order valence-electron chi connectivity index (χ1n) is 7.81. The van der Waals surface area contributed by atoms with Crippen molar-refractivity contribution in [1.29, 1.82) is 0 Å². The van der Waals surface area contributed by atoms with Gasteiger partial charge in [-0.2, -0.15) is 0 Å². The lowest BCUT2D eigenvalue weighted by molar-refractivity contribution is -0.152. The van der Waals surface area contributed by atoms with Gasteiger partial charge >= 0.3 is 5.97 Å². The monoisotopic (exact) mass is 322 g/mol. The number of aliphatic hydroxyl groups is 1. The molecule has 4 unspecified atom stereocenters. The third-order valence-electron chi connectivity index (χ3n) is 3.82. The van der Waals surface area contributed by atoms with Crippen LogP contribution in [0.15, 0.2) is 30.3 Å². The highest BCUT2D eigenvalue weighted by molar-refractivity contribution is 5.87. The molecular formula is C17H26N2O4. The maximum Gasteiger partial charge on any atom is 0.331 e. The van der Waals surface area contributed by atoms with Crippen molar-refractivity contribution in [3.05, 3.63) is 35.9 Å². The number of nitrogens with two attached hydrogens (primary N) is 1. The van der Waals surface area contributed by atoms with E-state index in [4.69, 9.17) is 10.5 Å². The fourth-order valence-corrected chi connectivity index (χ4v) is 1.96. The van der Waals surface area contributed by atoms with Crippen molar-refractivity contribution >= 4 is 11.9 Å². The highest BCUT2D eigenvalue weighted by Crippen LogP contribution is 2.08. The molecule has 1 amide bonds. The molecular weight excluding hydrogens is 296 g/mol. The first-order chi connectivity index (χ1) is 10.9. The maximum atomic E-state index is 12.1. The Hall–Kier alpha value is -1.92. The molecule has 0 bridgehead atoms. The Bertz CT molecular complexity index is 505. The summed E-state index contributed by atoms with van der Waals surface area (Å²) in [4.78, 5) is 24.2. The molecule has 1 aromatic carbocycles. The summed E-state index contributed by atoms with van der Waals surface area (Å²) in [6.07, 6.45) is -0.335. The molecule has 4 atom stereocenters. The zero-order valence-electron chi connectivity index (χ0n) is 13.9. The van der Waals surface area contributed by atoms with Gasteiger partial charge < -0.3 is 20.9 Å². The minimum atomic E-state index is -1.14. The van der Waals surface area contributed by atoms with E-state index in [0.29, 0.717) is 0 Å². The molecule has 0 aliphatic heterocycles. The van der Waals surface area contributed by atoms with Gasteiger partial charge in [0.2, 0.25) is 5.91 Å². The van der Waals surface area contributed by atoms with Crippen LogP contribution < -0.4 is 11.1 Å². The van der Waals surface area contributed by atoms with E-state index in [1.54, 1.807) is 0 Å². The number of aliphatic hydroxyl groups excluding tert-OH is 1. The molecule has 1 rings (SSSR count). The summed E-state index contributed by atoms with van der Waals surface area (Å²) in [6.45, 7) is 5.28. The Labute approximate surface area is 137 Å². The predicted octanol–water partition coefficient (Wildman–Crippen LogP) is 0.969. The second-order valence-corrected chi connectivity index (χ2v) is 5.73. The lowest BCUT2D eigenvalue weighted by atomic mass is 9.99. The van der Waals surface area contributed by atoms with Gasteiger partial charge in [0.1, 0.15) is 6.61 Å². The number of esters is 1. The van der Waals surface area contributed by atoms with Gasteiger partial charge in [-0.25, -0.2) is 4.79 Å². The fourth-order valence-electron chi connectivity index (χ4n) is 1.96. The third-order valence-corrected chi connectivity index (χ3v) is 3.82. The van der Waals surface area contributed by atoms with E-state index < -0.39 is 30.1 Å². The molecule has 0 aliphatic carbocycles. The molecule has 6 nitrogen and oxygen atoms in total. The molecule has 0 heterocycles. The van der Waals surface area contributed by atoms with E-state index in [1.807, 2.05) is 44.2 Å². The van der Waals surface area contributed by atoms with Crippen molar-refractivity contribution in [3.8, 4) is 0 Å². The van der Waals surface area contributed by atoms with Crippen molar-refractivity contribution in [2.45, 2.75) is 52.0 Å². The first-order valence-corrected chi connectivity index (χ1v) is 7.81. The molecule has 0 saturated heterocycles. The van der Waals surface area contributed by atoms with Crippen molar-refractivity contribution < 1.29 is 19.4 Å². The summed E-state index contributed by atoms with van der Waals surface area (Å²) in [7, 11) is 0. The smallest absolute Gasteiger partial charge is 0.331 e. The molecule has 23 heavy (non-hydrogen) atoms. The SMILES string of the molecule is CCC(C)C(N)C(=O)NC(C(=O)OCc1ccccc1)C(C)O. The minimum absolute atomic E-state index is 0.0232. The van der Waals surface area contributed by atoms with Crippen LogP contribution in [0.1, 0.15) is 32.8 Å². The first kappa shape index (κ1) is 19.1. The lowest BCUT2D eigenvalue weighted by Gasteiger charge is -2.24. The number of rotatable bonds is 8. The van der Waals surface area contributed by atoms with Gasteiger partial charge in [0.15, 0.2) is 6.04 Å². The third kappa shape index (κ3) is 6.00. The summed E-state index contributed by atoms with van der Waals surface area (Å²) < 4.78 is 5.16. The van der Waals surface area contributed by atoms with Crippen LogP contribution in [0.3, 0.4) is 0 Å². The minimum Gasteiger partial charge on any atom is -0.459 e. The van der Waals surface area contributed by atoms with Crippen LogP contribution in [0.4, 0.5) is 0 Å². The second kappa shape index (κ2) is 9.27. The molecule has 128 valence electrons. The van der Waals surface area contributed by atoms with E-state index in [0.717, 1.165) is 12.0 Å². The fraction of sp³-hybridized carbons (Fsp3) is 0.529. The number of ether oxygens (including phenoxy) is 1. The van der Waals surface area contributed by atoms with Crippen molar-refractivity contribution in [1.82, 2.24) is 5.32 Å². The van der Waals surface area contributed by atoms with E-state index in [9.17, 15) is 14.7 Å². The van der Waals surface area contributed by atoms with E-state index >= 15 is 0 Å². The van der Waals surface area contributed by atoms with Crippen LogP contribution in [-0.4, -0.2) is 35.2 Å². The summed E-state index contributed by atoms with van der Waals surface area (Å²) in [5.74, 6) is -1.18. The number of hydrogen-bond acceptors (Lipinski definition) is 5. The van der Waals surface area contributed by atoms with Gasteiger partial charge in [-0.3, -0.25) is 4.79 Å². The number of hydrogen-bond donors (Lipinski definition) is 3. The largest absolute Gasteiger partial charge is 0.459 e. The zero-order chi connectivity index (χ0) is 17.4. The van der Waals surface area contributed by atoms with Gasteiger partial charge in [-0.15, -0.1) is 0 Å². The Balaban J connectivity index is 2.63. The Morgan fingerprint density at radius 3 is 2.39 bits per heavy atom. The highest BCUT2D eigenvalue weighted by Gasteiger charge is 2.30. The Morgan fingerprint density at radius 1 is 1.26 bits per heavy atom.